The van der Waals surface area contributed by atoms with Crippen molar-refractivity contribution in [2.75, 3.05) is 0 Å². The molecule has 1 aliphatic rings. The van der Waals surface area contributed by atoms with Gasteiger partial charge in [-0.2, -0.15) is 0 Å². The predicted molar refractivity (Wildman–Crippen MR) is 116 cm³/mol. The highest BCUT2D eigenvalue weighted by Crippen LogP contribution is 2.28. The summed E-state index contributed by atoms with van der Waals surface area (Å²) in [5.74, 6) is 1.53. The van der Waals surface area contributed by atoms with Crippen molar-refractivity contribution in [1.29, 1.82) is 0 Å². The van der Waals surface area contributed by atoms with Crippen LogP contribution in [0.5, 0.6) is 5.75 Å². The molecule has 0 radical (unpaired) electrons. The van der Waals surface area contributed by atoms with Crippen LogP contribution in [-0.2, 0) is 13.2 Å². The van der Waals surface area contributed by atoms with Gasteiger partial charge in [0.15, 0.2) is 0 Å². The van der Waals surface area contributed by atoms with Crippen LogP contribution in [0.1, 0.15) is 23.5 Å². The molecule has 4 aromatic rings. The number of aromatic nitrogens is 3. The topological polar surface area (TPSA) is 57.0 Å². The van der Waals surface area contributed by atoms with Crippen molar-refractivity contribution in [1.82, 2.24) is 14.5 Å². The maximum Gasteiger partial charge on any atom is 0.261 e. The molecule has 2 aromatic heterocycles. The molecular formula is C22H16ClN3O2S. The number of rotatable bonds is 4. The third-order valence-corrected chi connectivity index (χ3v) is 5.77. The molecular weight excluding hydrogens is 406 g/mol. The van der Waals surface area contributed by atoms with Gasteiger partial charge in [0.2, 0.25) is 0 Å². The van der Waals surface area contributed by atoms with Crippen LogP contribution in [0.2, 0.25) is 5.02 Å². The van der Waals surface area contributed by atoms with Crippen molar-refractivity contribution >= 4 is 45.5 Å². The van der Waals surface area contributed by atoms with Gasteiger partial charge in [0.25, 0.3) is 5.56 Å². The van der Waals surface area contributed by atoms with Crippen LogP contribution < -0.4 is 10.3 Å². The third kappa shape index (κ3) is 3.57. The molecule has 0 N–H and O–H groups in total. The molecule has 144 valence electrons. The Hall–Kier alpha value is -2.96. The molecule has 0 saturated carbocycles. The van der Waals surface area contributed by atoms with Gasteiger partial charge in [0, 0.05) is 16.9 Å². The molecule has 0 saturated heterocycles. The maximum absolute atomic E-state index is 12.8. The highest BCUT2D eigenvalue weighted by molar-refractivity contribution is 7.07. The molecule has 0 unspecified atom stereocenters. The molecule has 3 heterocycles. The third-order valence-electron chi connectivity index (χ3n) is 4.90. The second kappa shape index (κ2) is 7.46. The summed E-state index contributed by atoms with van der Waals surface area (Å²) in [6, 6.07) is 13.1. The van der Waals surface area contributed by atoms with Gasteiger partial charge in [-0.05, 0) is 54.0 Å². The monoisotopic (exact) mass is 421 g/mol. The highest BCUT2D eigenvalue weighted by Gasteiger charge is 2.20. The van der Waals surface area contributed by atoms with Gasteiger partial charge in [0.1, 0.15) is 18.2 Å². The average molecular weight is 422 g/mol. The summed E-state index contributed by atoms with van der Waals surface area (Å²) in [6.45, 7) is 1.09. The van der Waals surface area contributed by atoms with E-state index >= 15 is 0 Å². The molecule has 0 fully saturated rings. The van der Waals surface area contributed by atoms with Crippen molar-refractivity contribution in [3.63, 3.8) is 0 Å². The zero-order valence-corrected chi connectivity index (χ0v) is 16.9. The zero-order valence-electron chi connectivity index (χ0n) is 15.3. The van der Waals surface area contributed by atoms with Crippen molar-refractivity contribution < 1.29 is 4.74 Å². The van der Waals surface area contributed by atoms with E-state index in [0.717, 1.165) is 34.8 Å². The van der Waals surface area contributed by atoms with Crippen LogP contribution in [0.3, 0.4) is 0 Å². The van der Waals surface area contributed by atoms with E-state index in [1.165, 1.54) is 0 Å². The van der Waals surface area contributed by atoms with E-state index in [-0.39, 0.29) is 5.56 Å². The van der Waals surface area contributed by atoms with Crippen LogP contribution in [0.25, 0.3) is 22.6 Å². The number of allylic oxidation sites excluding steroid dienone is 1. The Labute approximate surface area is 175 Å². The van der Waals surface area contributed by atoms with Gasteiger partial charge in [-0.25, -0.2) is 9.97 Å². The number of halogens is 1. The number of ether oxygens (including phenoxy) is 1. The smallest absolute Gasteiger partial charge is 0.261 e. The van der Waals surface area contributed by atoms with Crippen molar-refractivity contribution in [2.24, 2.45) is 0 Å². The lowest BCUT2D eigenvalue weighted by Gasteiger charge is -2.06. The number of nitrogens with zero attached hydrogens (tertiary/aromatic N) is 3. The summed E-state index contributed by atoms with van der Waals surface area (Å²) >= 11 is 7.60. The van der Waals surface area contributed by atoms with Crippen LogP contribution in [0, 0.1) is 0 Å². The first kappa shape index (κ1) is 18.1. The first-order valence-electron chi connectivity index (χ1n) is 9.18. The Morgan fingerprint density at radius 3 is 2.86 bits per heavy atom. The van der Waals surface area contributed by atoms with Gasteiger partial charge in [-0.3, -0.25) is 9.36 Å². The molecule has 7 heteroatoms. The Balaban J connectivity index is 1.42. The molecule has 5 nitrogen and oxygen atoms in total. The minimum atomic E-state index is -0.0401. The summed E-state index contributed by atoms with van der Waals surface area (Å²) in [7, 11) is 0. The summed E-state index contributed by atoms with van der Waals surface area (Å²) in [5, 5.41) is 3.08. The number of benzene rings is 2. The molecule has 0 bridgehead atoms. The number of hydrogen-bond donors (Lipinski definition) is 0. The molecule has 1 aliphatic heterocycles. The van der Waals surface area contributed by atoms with E-state index in [9.17, 15) is 4.79 Å². The van der Waals surface area contributed by atoms with E-state index in [1.54, 1.807) is 39.6 Å². The Morgan fingerprint density at radius 1 is 1.21 bits per heavy atom. The lowest BCUT2D eigenvalue weighted by atomic mass is 10.1. The molecule has 0 aliphatic carbocycles. The molecule has 5 rings (SSSR count). The summed E-state index contributed by atoms with van der Waals surface area (Å²) < 4.78 is 7.49. The van der Waals surface area contributed by atoms with E-state index in [2.05, 4.69) is 11.1 Å². The van der Waals surface area contributed by atoms with Gasteiger partial charge in [-0.1, -0.05) is 23.7 Å². The fraction of sp³-hybridized carbons (Fsp3) is 0.136. The van der Waals surface area contributed by atoms with E-state index in [1.807, 2.05) is 29.6 Å². The molecule has 0 spiro atoms. The van der Waals surface area contributed by atoms with Gasteiger partial charge in [-0.15, -0.1) is 11.3 Å². The summed E-state index contributed by atoms with van der Waals surface area (Å²) in [6.07, 6.45) is 2.85. The van der Waals surface area contributed by atoms with E-state index in [0.29, 0.717) is 29.1 Å². The largest absolute Gasteiger partial charge is 0.487 e. The maximum atomic E-state index is 12.8. The second-order valence-electron chi connectivity index (χ2n) is 6.81. The fourth-order valence-electron chi connectivity index (χ4n) is 3.45. The predicted octanol–water partition coefficient (Wildman–Crippen LogP) is 5.03. The molecule has 29 heavy (non-hydrogen) atoms. The standard InChI is InChI=1S/C22H16ClN3O2S/c23-16-3-6-20-19(10-16)22(27)26-8-7-15(21(26)25-20)9-14-1-4-18(5-2-14)28-11-17-12-29-13-24-17/h1-6,9-10,12-13H,7-8,11H2. The lowest BCUT2D eigenvalue weighted by Crippen LogP contribution is -2.20. The number of fused-ring (bicyclic) bond motifs is 2. The average Bonchev–Trinajstić information content (AvgIpc) is 3.39. The van der Waals surface area contributed by atoms with Crippen LogP contribution in [0.15, 0.2) is 58.1 Å². The van der Waals surface area contributed by atoms with Crippen molar-refractivity contribution in [3.8, 4) is 5.75 Å². The number of hydrogen-bond acceptors (Lipinski definition) is 5. The van der Waals surface area contributed by atoms with E-state index < -0.39 is 0 Å². The minimum Gasteiger partial charge on any atom is -0.487 e. The molecule has 0 amide bonds. The fourth-order valence-corrected chi connectivity index (χ4v) is 4.17. The quantitative estimate of drug-likeness (QED) is 0.463. The van der Waals surface area contributed by atoms with Gasteiger partial charge >= 0.3 is 0 Å². The summed E-state index contributed by atoms with van der Waals surface area (Å²) in [5.41, 5.74) is 5.44. The SMILES string of the molecule is O=c1c2cc(Cl)ccc2nc2n1CCC2=Cc1ccc(OCc2cscn2)cc1. The minimum absolute atomic E-state index is 0.0401. The first-order chi connectivity index (χ1) is 14.2. The van der Waals surface area contributed by atoms with Crippen LogP contribution in [-0.4, -0.2) is 14.5 Å². The second-order valence-corrected chi connectivity index (χ2v) is 7.97. The summed E-state index contributed by atoms with van der Waals surface area (Å²) in [4.78, 5) is 21.7. The van der Waals surface area contributed by atoms with Gasteiger partial charge < -0.3 is 4.74 Å². The van der Waals surface area contributed by atoms with Crippen LogP contribution >= 0.6 is 22.9 Å². The van der Waals surface area contributed by atoms with E-state index in [4.69, 9.17) is 21.3 Å². The number of thiazole rings is 1. The van der Waals surface area contributed by atoms with Crippen molar-refractivity contribution in [2.45, 2.75) is 19.6 Å². The lowest BCUT2D eigenvalue weighted by molar-refractivity contribution is 0.302. The Morgan fingerprint density at radius 2 is 2.07 bits per heavy atom. The van der Waals surface area contributed by atoms with Crippen LogP contribution in [0.4, 0.5) is 0 Å². The highest BCUT2D eigenvalue weighted by atomic mass is 35.5. The molecule has 2 aromatic carbocycles. The normalized spacial score (nSPS) is 14.4. The Kier molecular flexibility index (Phi) is 4.66. The van der Waals surface area contributed by atoms with Crippen molar-refractivity contribution in [3.05, 3.63) is 85.8 Å². The first-order valence-corrected chi connectivity index (χ1v) is 10.5. The zero-order chi connectivity index (χ0) is 19.8. The van der Waals surface area contributed by atoms with Gasteiger partial charge in [0.05, 0.1) is 22.1 Å². The Bertz CT molecular complexity index is 1280. The molecule has 0 atom stereocenters.